The summed E-state index contributed by atoms with van der Waals surface area (Å²) in [5, 5.41) is 13.6. The Kier molecular flexibility index (Phi) is 6.48. The molecule has 3 aromatic rings. The Bertz CT molecular complexity index is 1140. The summed E-state index contributed by atoms with van der Waals surface area (Å²) in [5.74, 6) is 2.60. The second-order valence-corrected chi connectivity index (χ2v) is 9.65. The molecule has 7 heteroatoms. The lowest BCUT2D eigenvalue weighted by molar-refractivity contribution is -0.109. The standard InChI is InChI=1S/C27H31N3O4/c1-30(14-16-32)18-27(13-15-31)12-11-22-23(3-2-4-24(22)27)25-28-26(34-29-25)20-7-9-21(10-8-20)33-17-19-5-6-19/h2-4,7-10,15,19,32H,5-6,11-14,16-18H2,1H3. The number of rotatable bonds is 11. The zero-order valence-electron chi connectivity index (χ0n) is 19.6. The van der Waals surface area contributed by atoms with E-state index < -0.39 is 0 Å². The molecule has 0 bridgehead atoms. The number of hydrogen-bond acceptors (Lipinski definition) is 7. The summed E-state index contributed by atoms with van der Waals surface area (Å²) in [6.07, 6.45) is 5.72. The van der Waals surface area contributed by atoms with E-state index >= 15 is 0 Å². The quantitative estimate of drug-likeness (QED) is 0.433. The predicted molar refractivity (Wildman–Crippen MR) is 129 cm³/mol. The highest BCUT2D eigenvalue weighted by molar-refractivity contribution is 5.68. The van der Waals surface area contributed by atoms with Gasteiger partial charge in [0, 0.05) is 36.1 Å². The number of aromatic nitrogens is 2. The van der Waals surface area contributed by atoms with Crippen molar-refractivity contribution in [3.05, 3.63) is 53.6 Å². The van der Waals surface area contributed by atoms with Gasteiger partial charge in [0.15, 0.2) is 0 Å². The fourth-order valence-corrected chi connectivity index (χ4v) is 5.07. The van der Waals surface area contributed by atoms with Gasteiger partial charge in [-0.2, -0.15) is 4.98 Å². The third kappa shape index (κ3) is 4.63. The first-order valence-electron chi connectivity index (χ1n) is 12.0. The Hall–Kier alpha value is -3.03. The Balaban J connectivity index is 1.39. The SMILES string of the molecule is CN(CCO)CC1(CC=O)CCc2c(-c3noc(-c4ccc(OCC5CC5)cc4)n3)cccc21. The number of fused-ring (bicyclic) bond motifs is 1. The van der Waals surface area contributed by atoms with Crippen LogP contribution in [0.3, 0.4) is 0 Å². The van der Waals surface area contributed by atoms with Gasteiger partial charge in [-0.05, 0) is 74.0 Å². The van der Waals surface area contributed by atoms with E-state index in [0.717, 1.165) is 49.2 Å². The van der Waals surface area contributed by atoms with Crippen LogP contribution in [-0.2, 0) is 16.6 Å². The Labute approximate surface area is 199 Å². The predicted octanol–water partition coefficient (Wildman–Crippen LogP) is 3.89. The maximum Gasteiger partial charge on any atom is 0.258 e. The second kappa shape index (κ2) is 9.68. The molecule has 1 N–H and O–H groups in total. The Morgan fingerprint density at radius 1 is 1.24 bits per heavy atom. The summed E-state index contributed by atoms with van der Waals surface area (Å²) in [4.78, 5) is 18.4. The van der Waals surface area contributed by atoms with Crippen LogP contribution in [0, 0.1) is 5.92 Å². The number of benzene rings is 2. The van der Waals surface area contributed by atoms with E-state index in [0.29, 0.717) is 30.6 Å². The van der Waals surface area contributed by atoms with Gasteiger partial charge in [0.2, 0.25) is 5.82 Å². The van der Waals surface area contributed by atoms with E-state index in [-0.39, 0.29) is 12.0 Å². The Morgan fingerprint density at radius 3 is 2.79 bits per heavy atom. The van der Waals surface area contributed by atoms with Gasteiger partial charge in [0.1, 0.15) is 12.0 Å². The number of aliphatic hydroxyl groups excluding tert-OH is 1. The van der Waals surface area contributed by atoms with Crippen LogP contribution >= 0.6 is 0 Å². The number of carbonyl (C=O) groups is 1. The molecular weight excluding hydrogens is 430 g/mol. The third-order valence-corrected chi connectivity index (χ3v) is 7.08. The van der Waals surface area contributed by atoms with Crippen molar-refractivity contribution in [3.8, 4) is 28.6 Å². The summed E-state index contributed by atoms with van der Waals surface area (Å²) in [7, 11) is 1.98. The van der Waals surface area contributed by atoms with Gasteiger partial charge in [-0.1, -0.05) is 23.4 Å². The van der Waals surface area contributed by atoms with Gasteiger partial charge < -0.3 is 24.1 Å². The monoisotopic (exact) mass is 461 g/mol. The second-order valence-electron chi connectivity index (χ2n) is 9.65. The molecule has 178 valence electrons. The van der Waals surface area contributed by atoms with Gasteiger partial charge in [-0.3, -0.25) is 0 Å². The van der Waals surface area contributed by atoms with Crippen molar-refractivity contribution in [1.82, 2.24) is 15.0 Å². The first kappa shape index (κ1) is 22.7. The van der Waals surface area contributed by atoms with Crippen LogP contribution < -0.4 is 4.74 Å². The zero-order chi connectivity index (χ0) is 23.5. The van der Waals surface area contributed by atoms with Crippen LogP contribution in [0.25, 0.3) is 22.8 Å². The fourth-order valence-electron chi connectivity index (χ4n) is 5.07. The molecule has 1 saturated carbocycles. The molecule has 1 aromatic heterocycles. The number of aldehydes is 1. The minimum atomic E-state index is -0.264. The number of likely N-dealkylation sites (N-methyl/N-ethyl adjacent to an activating group) is 1. The molecule has 1 atom stereocenters. The maximum absolute atomic E-state index is 11.6. The highest BCUT2D eigenvalue weighted by Gasteiger charge is 2.40. The molecule has 5 rings (SSSR count). The zero-order valence-corrected chi connectivity index (χ0v) is 19.6. The van der Waals surface area contributed by atoms with Gasteiger partial charge in [-0.15, -0.1) is 0 Å². The van der Waals surface area contributed by atoms with E-state index in [9.17, 15) is 9.90 Å². The summed E-state index contributed by atoms with van der Waals surface area (Å²) >= 11 is 0. The minimum Gasteiger partial charge on any atom is -0.493 e. The van der Waals surface area contributed by atoms with Crippen molar-refractivity contribution in [2.75, 3.05) is 33.4 Å². The molecule has 7 nitrogen and oxygen atoms in total. The van der Waals surface area contributed by atoms with E-state index in [2.05, 4.69) is 16.1 Å². The molecule has 0 spiro atoms. The lowest BCUT2D eigenvalue weighted by Gasteiger charge is -2.33. The van der Waals surface area contributed by atoms with E-state index in [1.165, 1.54) is 24.0 Å². The molecule has 34 heavy (non-hydrogen) atoms. The van der Waals surface area contributed by atoms with E-state index in [1.54, 1.807) is 0 Å². The van der Waals surface area contributed by atoms with Gasteiger partial charge in [-0.25, -0.2) is 0 Å². The molecule has 2 aromatic carbocycles. The van der Waals surface area contributed by atoms with Crippen molar-refractivity contribution >= 4 is 6.29 Å². The smallest absolute Gasteiger partial charge is 0.258 e. The summed E-state index contributed by atoms with van der Waals surface area (Å²) in [5.41, 5.74) is 3.89. The summed E-state index contributed by atoms with van der Waals surface area (Å²) in [6, 6.07) is 13.9. The van der Waals surface area contributed by atoms with Crippen LogP contribution in [0.4, 0.5) is 0 Å². The van der Waals surface area contributed by atoms with Gasteiger partial charge in [0.05, 0.1) is 13.2 Å². The fraction of sp³-hybridized carbons (Fsp3) is 0.444. The number of aliphatic hydroxyl groups is 1. The van der Waals surface area contributed by atoms with E-state index in [4.69, 9.17) is 14.2 Å². The number of nitrogens with zero attached hydrogens (tertiary/aromatic N) is 3. The number of ether oxygens (including phenoxy) is 1. The topological polar surface area (TPSA) is 88.7 Å². The van der Waals surface area contributed by atoms with Crippen LogP contribution in [0.5, 0.6) is 5.75 Å². The lowest BCUT2D eigenvalue weighted by Crippen LogP contribution is -2.39. The largest absolute Gasteiger partial charge is 0.493 e. The van der Waals surface area contributed by atoms with Crippen molar-refractivity contribution in [1.29, 1.82) is 0 Å². The third-order valence-electron chi connectivity index (χ3n) is 7.08. The average molecular weight is 462 g/mol. The molecule has 0 radical (unpaired) electrons. The molecule has 2 aliphatic rings. The molecular formula is C27H31N3O4. The van der Waals surface area contributed by atoms with E-state index in [1.807, 2.05) is 43.4 Å². The van der Waals surface area contributed by atoms with Crippen LogP contribution in [0.2, 0.25) is 0 Å². The molecule has 1 fully saturated rings. The molecule has 1 unspecified atom stereocenters. The normalized spacial score (nSPS) is 19.4. The summed E-state index contributed by atoms with van der Waals surface area (Å²) in [6.45, 7) is 2.17. The van der Waals surface area contributed by atoms with Crippen molar-refractivity contribution in [2.24, 2.45) is 5.92 Å². The Morgan fingerprint density at radius 2 is 2.06 bits per heavy atom. The molecule has 1 heterocycles. The van der Waals surface area contributed by atoms with Gasteiger partial charge in [0.25, 0.3) is 5.89 Å². The molecule has 0 aliphatic heterocycles. The van der Waals surface area contributed by atoms with Gasteiger partial charge >= 0.3 is 0 Å². The molecule has 0 amide bonds. The minimum absolute atomic E-state index is 0.0970. The summed E-state index contributed by atoms with van der Waals surface area (Å²) < 4.78 is 11.4. The van der Waals surface area contributed by atoms with Crippen LogP contribution in [0.1, 0.15) is 36.8 Å². The highest BCUT2D eigenvalue weighted by Crippen LogP contribution is 2.45. The molecule has 2 aliphatic carbocycles. The van der Waals surface area contributed by atoms with Crippen molar-refractivity contribution in [3.63, 3.8) is 0 Å². The van der Waals surface area contributed by atoms with Crippen molar-refractivity contribution in [2.45, 2.75) is 37.5 Å². The lowest BCUT2D eigenvalue weighted by atomic mass is 9.78. The van der Waals surface area contributed by atoms with Crippen molar-refractivity contribution < 1.29 is 19.2 Å². The average Bonchev–Trinajstić information content (AvgIpc) is 3.43. The first-order chi connectivity index (χ1) is 16.6. The van der Waals surface area contributed by atoms with Crippen LogP contribution in [0.15, 0.2) is 47.0 Å². The first-order valence-corrected chi connectivity index (χ1v) is 12.0. The maximum atomic E-state index is 11.6. The number of hydrogen-bond donors (Lipinski definition) is 1. The number of carbonyl (C=O) groups excluding carboxylic acids is 1. The highest BCUT2D eigenvalue weighted by atomic mass is 16.5. The molecule has 0 saturated heterocycles. The van der Waals surface area contributed by atoms with Crippen LogP contribution in [-0.4, -0.2) is 59.8 Å².